The van der Waals surface area contributed by atoms with E-state index in [-0.39, 0.29) is 0 Å². The number of hydrogen-bond donors (Lipinski definition) is 1. The second-order valence-corrected chi connectivity index (χ2v) is 8.40. The highest BCUT2D eigenvalue weighted by atomic mass is 79.9. The van der Waals surface area contributed by atoms with Gasteiger partial charge in [0.15, 0.2) is 0 Å². The van der Waals surface area contributed by atoms with Crippen molar-refractivity contribution in [1.82, 2.24) is 5.32 Å². The molecule has 1 aliphatic rings. The molecule has 0 amide bonds. The number of aryl methyl sites for hydroxylation is 1. The molecular weight excluding hydrogens is 378 g/mol. The molecule has 0 fully saturated rings. The van der Waals surface area contributed by atoms with Crippen LogP contribution in [0, 0.1) is 12.3 Å². The molecule has 20 heavy (non-hydrogen) atoms. The molecule has 0 heterocycles. The van der Waals surface area contributed by atoms with Gasteiger partial charge in [0.25, 0.3) is 0 Å². The van der Waals surface area contributed by atoms with Crippen LogP contribution in [-0.2, 0) is 6.42 Å². The van der Waals surface area contributed by atoms with Crippen molar-refractivity contribution in [3.05, 3.63) is 31.7 Å². The van der Waals surface area contributed by atoms with E-state index in [1.54, 1.807) is 0 Å². The highest BCUT2D eigenvalue weighted by Crippen LogP contribution is 2.45. The van der Waals surface area contributed by atoms with Crippen LogP contribution < -0.4 is 5.32 Å². The highest BCUT2D eigenvalue weighted by molar-refractivity contribution is 9.11. The standard InChI is InChI=1S/C17H25Br2N/c1-5-8-20-14-10-17(3,4)7-6-12-13(18)9-11(2)16(19)15(12)14/h9,14,20H,5-8,10H2,1-4H3. The number of rotatable bonds is 3. The Hall–Kier alpha value is 0.140. The zero-order valence-electron chi connectivity index (χ0n) is 12.9. The van der Waals surface area contributed by atoms with E-state index in [1.165, 1.54) is 44.9 Å². The molecule has 3 heteroatoms. The van der Waals surface area contributed by atoms with Gasteiger partial charge in [-0.2, -0.15) is 0 Å². The average Bonchev–Trinajstić information content (AvgIpc) is 2.50. The first-order chi connectivity index (χ1) is 9.35. The maximum absolute atomic E-state index is 3.84. The quantitative estimate of drug-likeness (QED) is 0.618. The van der Waals surface area contributed by atoms with E-state index >= 15 is 0 Å². The normalized spacial score (nSPS) is 21.4. The molecule has 112 valence electrons. The smallest absolute Gasteiger partial charge is 0.0339 e. The molecule has 0 radical (unpaired) electrons. The number of halogens is 2. The van der Waals surface area contributed by atoms with E-state index in [2.05, 4.69) is 70.9 Å². The van der Waals surface area contributed by atoms with E-state index < -0.39 is 0 Å². The Labute approximate surface area is 140 Å². The lowest BCUT2D eigenvalue weighted by molar-refractivity contribution is 0.273. The minimum Gasteiger partial charge on any atom is -0.310 e. The summed E-state index contributed by atoms with van der Waals surface area (Å²) < 4.78 is 2.57. The summed E-state index contributed by atoms with van der Waals surface area (Å²) in [6, 6.07) is 2.70. The Morgan fingerprint density at radius 3 is 2.70 bits per heavy atom. The summed E-state index contributed by atoms with van der Waals surface area (Å²) in [7, 11) is 0. The molecule has 0 aliphatic heterocycles. The Morgan fingerprint density at radius 2 is 2.05 bits per heavy atom. The maximum Gasteiger partial charge on any atom is 0.0339 e. The summed E-state index contributed by atoms with van der Waals surface area (Å²) in [6.07, 6.45) is 4.79. The van der Waals surface area contributed by atoms with Crippen LogP contribution in [-0.4, -0.2) is 6.54 Å². The summed E-state index contributed by atoms with van der Waals surface area (Å²) in [5.74, 6) is 0. The van der Waals surface area contributed by atoms with Gasteiger partial charge in [-0.1, -0.05) is 52.6 Å². The molecule has 1 atom stereocenters. The van der Waals surface area contributed by atoms with Gasteiger partial charge < -0.3 is 5.32 Å². The third-order valence-electron chi connectivity index (χ3n) is 4.34. The molecule has 0 aromatic heterocycles. The summed E-state index contributed by atoms with van der Waals surface area (Å²) in [6.45, 7) is 10.3. The van der Waals surface area contributed by atoms with Crippen LogP contribution in [0.3, 0.4) is 0 Å². The van der Waals surface area contributed by atoms with Crippen molar-refractivity contribution in [3.8, 4) is 0 Å². The number of hydrogen-bond acceptors (Lipinski definition) is 1. The fourth-order valence-corrected chi connectivity index (χ4v) is 4.53. The molecule has 1 unspecified atom stereocenters. The lowest BCUT2D eigenvalue weighted by Crippen LogP contribution is -2.27. The van der Waals surface area contributed by atoms with Crippen LogP contribution in [0.2, 0.25) is 0 Å². The van der Waals surface area contributed by atoms with Gasteiger partial charge >= 0.3 is 0 Å². The fourth-order valence-electron chi connectivity index (χ4n) is 3.14. The Morgan fingerprint density at radius 1 is 1.35 bits per heavy atom. The van der Waals surface area contributed by atoms with Gasteiger partial charge in [-0.25, -0.2) is 0 Å². The Kier molecular flexibility index (Phi) is 5.36. The maximum atomic E-state index is 3.84. The molecule has 1 nitrogen and oxygen atoms in total. The molecule has 1 aliphatic carbocycles. The van der Waals surface area contributed by atoms with E-state index in [0.717, 1.165) is 13.0 Å². The first-order valence-electron chi connectivity index (χ1n) is 7.56. The molecule has 0 bridgehead atoms. The van der Waals surface area contributed by atoms with Gasteiger partial charge in [0, 0.05) is 15.0 Å². The van der Waals surface area contributed by atoms with Crippen molar-refractivity contribution >= 4 is 31.9 Å². The minimum absolute atomic E-state index is 0.386. The van der Waals surface area contributed by atoms with Crippen molar-refractivity contribution in [1.29, 1.82) is 0 Å². The number of benzene rings is 1. The van der Waals surface area contributed by atoms with Crippen molar-refractivity contribution in [2.45, 2.75) is 59.4 Å². The first kappa shape index (κ1) is 16.5. The van der Waals surface area contributed by atoms with Crippen LogP contribution in [0.5, 0.6) is 0 Å². The Balaban J connectivity index is 2.51. The zero-order valence-corrected chi connectivity index (χ0v) is 16.1. The molecule has 0 saturated heterocycles. The SMILES string of the molecule is CCCNC1CC(C)(C)CCc2c(Br)cc(C)c(Br)c21. The molecule has 1 N–H and O–H groups in total. The molecule has 1 aromatic rings. The fraction of sp³-hybridized carbons (Fsp3) is 0.647. The molecule has 2 rings (SSSR count). The van der Waals surface area contributed by atoms with Gasteiger partial charge in [0.05, 0.1) is 0 Å². The zero-order chi connectivity index (χ0) is 14.9. The van der Waals surface area contributed by atoms with Gasteiger partial charge in [0.2, 0.25) is 0 Å². The summed E-state index contributed by atoms with van der Waals surface area (Å²) >= 11 is 7.63. The average molecular weight is 403 g/mol. The van der Waals surface area contributed by atoms with Crippen molar-refractivity contribution in [3.63, 3.8) is 0 Å². The predicted octanol–water partition coefficient (Wildman–Crippen LogP) is 5.92. The van der Waals surface area contributed by atoms with Gasteiger partial charge in [-0.05, 0) is 67.3 Å². The summed E-state index contributed by atoms with van der Waals surface area (Å²) in [5.41, 5.74) is 4.67. The molecule has 1 aromatic carbocycles. The van der Waals surface area contributed by atoms with Crippen LogP contribution in [0.15, 0.2) is 15.0 Å². The molecular formula is C17H25Br2N. The third kappa shape index (κ3) is 3.48. The number of nitrogens with one attached hydrogen (secondary N) is 1. The van der Waals surface area contributed by atoms with E-state index in [1.807, 2.05) is 0 Å². The second-order valence-electron chi connectivity index (χ2n) is 6.76. The molecule has 0 spiro atoms. The number of fused-ring (bicyclic) bond motifs is 1. The summed E-state index contributed by atoms with van der Waals surface area (Å²) in [4.78, 5) is 0. The Bertz CT molecular complexity index is 494. The van der Waals surface area contributed by atoms with E-state index in [0.29, 0.717) is 11.5 Å². The largest absolute Gasteiger partial charge is 0.310 e. The van der Waals surface area contributed by atoms with Crippen molar-refractivity contribution < 1.29 is 0 Å². The van der Waals surface area contributed by atoms with E-state index in [9.17, 15) is 0 Å². The van der Waals surface area contributed by atoms with E-state index in [4.69, 9.17) is 0 Å². The van der Waals surface area contributed by atoms with Crippen LogP contribution in [0.25, 0.3) is 0 Å². The molecule has 0 saturated carbocycles. The van der Waals surface area contributed by atoms with Crippen molar-refractivity contribution in [2.75, 3.05) is 6.54 Å². The second kappa shape index (κ2) is 6.50. The third-order valence-corrected chi connectivity index (χ3v) is 6.10. The predicted molar refractivity (Wildman–Crippen MR) is 94.3 cm³/mol. The first-order valence-corrected chi connectivity index (χ1v) is 9.15. The van der Waals surface area contributed by atoms with Crippen LogP contribution in [0.1, 0.15) is 62.8 Å². The summed E-state index contributed by atoms with van der Waals surface area (Å²) in [5, 5.41) is 3.77. The minimum atomic E-state index is 0.386. The van der Waals surface area contributed by atoms with Crippen molar-refractivity contribution in [2.24, 2.45) is 5.41 Å². The topological polar surface area (TPSA) is 12.0 Å². The lowest BCUT2D eigenvalue weighted by Gasteiger charge is -2.28. The lowest BCUT2D eigenvalue weighted by atomic mass is 9.83. The van der Waals surface area contributed by atoms with Gasteiger partial charge in [0.1, 0.15) is 0 Å². The van der Waals surface area contributed by atoms with Crippen LogP contribution in [0.4, 0.5) is 0 Å². The van der Waals surface area contributed by atoms with Crippen LogP contribution >= 0.6 is 31.9 Å². The highest BCUT2D eigenvalue weighted by Gasteiger charge is 2.32. The van der Waals surface area contributed by atoms with Gasteiger partial charge in [-0.3, -0.25) is 0 Å². The monoisotopic (exact) mass is 401 g/mol. The van der Waals surface area contributed by atoms with Gasteiger partial charge in [-0.15, -0.1) is 0 Å².